The molecule has 1 saturated carbocycles. The van der Waals surface area contributed by atoms with Crippen LogP contribution in [0, 0.1) is 5.92 Å². The molecule has 1 aliphatic rings. The van der Waals surface area contributed by atoms with Gasteiger partial charge in [0, 0.05) is 18.3 Å². The molecular formula is C17H19N. The first-order chi connectivity index (χ1) is 8.84. The first-order valence-corrected chi connectivity index (χ1v) is 6.70. The molecule has 0 spiro atoms. The Morgan fingerprint density at radius 2 is 1.50 bits per heavy atom. The molecule has 2 aromatic carbocycles. The molecule has 0 bridgehead atoms. The molecular weight excluding hydrogens is 218 g/mol. The third-order valence-corrected chi connectivity index (χ3v) is 3.75. The van der Waals surface area contributed by atoms with Gasteiger partial charge in [0.2, 0.25) is 0 Å². The minimum Gasteiger partial charge on any atom is -0.364 e. The van der Waals surface area contributed by atoms with Crippen LogP contribution in [0.4, 0.5) is 5.69 Å². The average molecular weight is 237 g/mol. The lowest BCUT2D eigenvalue weighted by Gasteiger charge is -2.25. The third kappa shape index (κ3) is 2.40. The molecule has 1 heteroatoms. The van der Waals surface area contributed by atoms with Gasteiger partial charge in [0.15, 0.2) is 0 Å². The monoisotopic (exact) mass is 237 g/mol. The van der Waals surface area contributed by atoms with E-state index in [0.717, 1.165) is 12.5 Å². The summed E-state index contributed by atoms with van der Waals surface area (Å²) in [5.41, 5.74) is 2.73. The van der Waals surface area contributed by atoms with E-state index in [1.54, 1.807) is 0 Å². The zero-order valence-corrected chi connectivity index (χ0v) is 10.8. The summed E-state index contributed by atoms with van der Waals surface area (Å²) in [7, 11) is 0. The number of para-hydroxylation sites is 1. The van der Waals surface area contributed by atoms with Gasteiger partial charge in [0.1, 0.15) is 0 Å². The molecule has 2 aromatic rings. The van der Waals surface area contributed by atoms with Gasteiger partial charge >= 0.3 is 0 Å². The maximum absolute atomic E-state index is 2.54. The van der Waals surface area contributed by atoms with Crippen molar-refractivity contribution in [3.8, 4) is 0 Å². The van der Waals surface area contributed by atoms with Crippen molar-refractivity contribution in [2.45, 2.75) is 25.9 Å². The number of benzene rings is 2. The van der Waals surface area contributed by atoms with E-state index in [1.165, 1.54) is 17.7 Å². The maximum Gasteiger partial charge on any atom is 0.0432 e. The van der Waals surface area contributed by atoms with E-state index in [1.807, 2.05) is 0 Å². The number of anilines is 1. The molecule has 0 aromatic heterocycles. The number of nitrogens with zero attached hydrogens (tertiary/aromatic N) is 1. The number of hydrogen-bond acceptors (Lipinski definition) is 1. The molecule has 0 radical (unpaired) electrons. The third-order valence-electron chi connectivity index (χ3n) is 3.75. The summed E-state index contributed by atoms with van der Waals surface area (Å²) in [5.74, 6) is 0.828. The SMILES string of the molecule is C[C@@H]1C[C@@H]1N(Cc1ccccc1)c1ccccc1. The Balaban J connectivity index is 1.83. The Morgan fingerprint density at radius 1 is 0.944 bits per heavy atom. The van der Waals surface area contributed by atoms with E-state index in [4.69, 9.17) is 0 Å². The van der Waals surface area contributed by atoms with Crippen LogP contribution in [0.3, 0.4) is 0 Å². The smallest absolute Gasteiger partial charge is 0.0432 e. The summed E-state index contributed by atoms with van der Waals surface area (Å²) in [4.78, 5) is 2.54. The van der Waals surface area contributed by atoms with Crippen LogP contribution in [0.25, 0.3) is 0 Å². The Hall–Kier alpha value is -1.76. The second kappa shape index (κ2) is 4.85. The molecule has 0 N–H and O–H groups in total. The zero-order chi connectivity index (χ0) is 12.4. The minimum atomic E-state index is 0.715. The van der Waals surface area contributed by atoms with E-state index >= 15 is 0 Å². The fourth-order valence-electron chi connectivity index (χ4n) is 2.54. The molecule has 92 valence electrons. The Kier molecular flexibility index (Phi) is 3.06. The normalized spacial score (nSPS) is 21.6. The van der Waals surface area contributed by atoms with Crippen LogP contribution in [0.5, 0.6) is 0 Å². The molecule has 0 unspecified atom stereocenters. The second-order valence-corrected chi connectivity index (χ2v) is 5.23. The molecule has 0 saturated heterocycles. The fraction of sp³-hybridized carbons (Fsp3) is 0.294. The first-order valence-electron chi connectivity index (χ1n) is 6.70. The summed E-state index contributed by atoms with van der Waals surface area (Å²) < 4.78 is 0. The lowest BCUT2D eigenvalue weighted by Crippen LogP contribution is -2.26. The predicted molar refractivity (Wildman–Crippen MR) is 76.6 cm³/mol. The van der Waals surface area contributed by atoms with Gasteiger partial charge in [-0.15, -0.1) is 0 Å². The van der Waals surface area contributed by atoms with Crippen molar-refractivity contribution in [2.75, 3.05) is 4.90 Å². The van der Waals surface area contributed by atoms with Gasteiger partial charge in [0.05, 0.1) is 0 Å². The van der Waals surface area contributed by atoms with Gasteiger partial charge in [-0.05, 0) is 30.0 Å². The average Bonchev–Trinajstić information content (AvgIpc) is 3.15. The highest BCUT2D eigenvalue weighted by Crippen LogP contribution is 2.38. The molecule has 1 nitrogen and oxygen atoms in total. The van der Waals surface area contributed by atoms with Gasteiger partial charge in [-0.1, -0.05) is 55.5 Å². The molecule has 0 heterocycles. The molecule has 18 heavy (non-hydrogen) atoms. The van der Waals surface area contributed by atoms with Crippen molar-refractivity contribution in [2.24, 2.45) is 5.92 Å². The lowest BCUT2D eigenvalue weighted by molar-refractivity contribution is 0.747. The summed E-state index contributed by atoms with van der Waals surface area (Å²) >= 11 is 0. The van der Waals surface area contributed by atoms with Gasteiger partial charge in [-0.3, -0.25) is 0 Å². The van der Waals surface area contributed by atoms with Crippen molar-refractivity contribution in [3.63, 3.8) is 0 Å². The van der Waals surface area contributed by atoms with Crippen LogP contribution in [-0.2, 0) is 6.54 Å². The van der Waals surface area contributed by atoms with Gasteiger partial charge in [-0.25, -0.2) is 0 Å². The van der Waals surface area contributed by atoms with Crippen molar-refractivity contribution in [1.82, 2.24) is 0 Å². The first kappa shape index (κ1) is 11.3. The van der Waals surface area contributed by atoms with Crippen LogP contribution < -0.4 is 4.90 Å². The maximum atomic E-state index is 2.54. The van der Waals surface area contributed by atoms with Crippen molar-refractivity contribution in [1.29, 1.82) is 0 Å². The summed E-state index contributed by atoms with van der Waals surface area (Å²) in [6.07, 6.45) is 1.32. The van der Waals surface area contributed by atoms with Crippen LogP contribution in [0.1, 0.15) is 18.9 Å². The van der Waals surface area contributed by atoms with Gasteiger partial charge < -0.3 is 4.90 Å². The fourth-order valence-corrected chi connectivity index (χ4v) is 2.54. The Bertz CT molecular complexity index is 492. The van der Waals surface area contributed by atoms with Gasteiger partial charge in [-0.2, -0.15) is 0 Å². The quantitative estimate of drug-likeness (QED) is 0.773. The lowest BCUT2D eigenvalue weighted by atomic mass is 10.2. The van der Waals surface area contributed by atoms with Crippen LogP contribution in [0.15, 0.2) is 60.7 Å². The van der Waals surface area contributed by atoms with E-state index < -0.39 is 0 Å². The van der Waals surface area contributed by atoms with Crippen LogP contribution in [0.2, 0.25) is 0 Å². The van der Waals surface area contributed by atoms with Crippen molar-refractivity contribution in [3.05, 3.63) is 66.2 Å². The Morgan fingerprint density at radius 3 is 2.06 bits per heavy atom. The largest absolute Gasteiger partial charge is 0.364 e. The predicted octanol–water partition coefficient (Wildman–Crippen LogP) is 4.10. The van der Waals surface area contributed by atoms with Crippen LogP contribution in [-0.4, -0.2) is 6.04 Å². The molecule has 1 aliphatic carbocycles. The van der Waals surface area contributed by atoms with E-state index in [0.29, 0.717) is 6.04 Å². The van der Waals surface area contributed by atoms with Crippen LogP contribution >= 0.6 is 0 Å². The zero-order valence-electron chi connectivity index (χ0n) is 10.8. The highest BCUT2D eigenvalue weighted by molar-refractivity contribution is 5.49. The standard InChI is InChI=1S/C17H19N/c1-14-12-17(14)18(16-10-6-3-7-11-16)13-15-8-4-2-5-9-15/h2-11,14,17H,12-13H2,1H3/t14-,17+/m1/s1. The van der Waals surface area contributed by atoms with E-state index in [2.05, 4.69) is 72.5 Å². The number of rotatable bonds is 4. The highest BCUT2D eigenvalue weighted by Gasteiger charge is 2.38. The van der Waals surface area contributed by atoms with Gasteiger partial charge in [0.25, 0.3) is 0 Å². The topological polar surface area (TPSA) is 3.24 Å². The second-order valence-electron chi connectivity index (χ2n) is 5.23. The summed E-state index contributed by atoms with van der Waals surface area (Å²) in [6.45, 7) is 3.35. The van der Waals surface area contributed by atoms with E-state index in [9.17, 15) is 0 Å². The number of hydrogen-bond donors (Lipinski definition) is 0. The minimum absolute atomic E-state index is 0.715. The molecule has 1 fully saturated rings. The molecule has 0 amide bonds. The molecule has 2 atom stereocenters. The van der Waals surface area contributed by atoms with Crippen molar-refractivity contribution < 1.29 is 0 Å². The summed E-state index contributed by atoms with van der Waals surface area (Å²) in [6, 6.07) is 22.2. The highest BCUT2D eigenvalue weighted by atomic mass is 15.2. The molecule has 3 rings (SSSR count). The Labute approximate surface area is 109 Å². The molecule has 0 aliphatic heterocycles. The summed E-state index contributed by atoms with van der Waals surface area (Å²) in [5, 5.41) is 0. The van der Waals surface area contributed by atoms with E-state index in [-0.39, 0.29) is 0 Å². The van der Waals surface area contributed by atoms with Crippen molar-refractivity contribution >= 4 is 5.69 Å².